The molecular formula is C16H21NOS. The van der Waals surface area contributed by atoms with Gasteiger partial charge in [-0.3, -0.25) is 0 Å². The summed E-state index contributed by atoms with van der Waals surface area (Å²) in [5, 5.41) is 5.29. The molecule has 0 amide bonds. The smallest absolute Gasteiger partial charge is 0.0813 e. The highest BCUT2D eigenvalue weighted by Gasteiger charge is 2.04. The maximum atomic E-state index is 5.71. The van der Waals surface area contributed by atoms with Crippen LogP contribution in [0.1, 0.15) is 28.8 Å². The third-order valence-electron chi connectivity index (χ3n) is 3.15. The number of thiophene rings is 1. The Balaban J connectivity index is 1.81. The summed E-state index contributed by atoms with van der Waals surface area (Å²) in [4.78, 5) is 1.28. The summed E-state index contributed by atoms with van der Waals surface area (Å²) in [5.74, 6) is 0.547. The van der Waals surface area contributed by atoms with Gasteiger partial charge in [-0.05, 0) is 35.5 Å². The highest BCUT2D eigenvalue weighted by molar-refractivity contribution is 7.09. The Kier molecular flexibility index (Phi) is 5.58. The Bertz CT molecular complexity index is 464. The van der Waals surface area contributed by atoms with Gasteiger partial charge in [0.1, 0.15) is 0 Å². The molecule has 1 unspecified atom stereocenters. The molecule has 0 aliphatic rings. The summed E-state index contributed by atoms with van der Waals surface area (Å²) >= 11 is 1.74. The molecule has 19 heavy (non-hydrogen) atoms. The van der Waals surface area contributed by atoms with Gasteiger partial charge in [0.25, 0.3) is 0 Å². The molecule has 0 aliphatic carbocycles. The summed E-state index contributed by atoms with van der Waals surface area (Å²) in [7, 11) is 1.99. The van der Waals surface area contributed by atoms with Crippen molar-refractivity contribution >= 4 is 11.3 Å². The van der Waals surface area contributed by atoms with E-state index >= 15 is 0 Å². The van der Waals surface area contributed by atoms with E-state index in [-0.39, 0.29) is 0 Å². The molecule has 1 aromatic heterocycles. The van der Waals surface area contributed by atoms with Crippen molar-refractivity contribution < 1.29 is 4.74 Å². The van der Waals surface area contributed by atoms with Gasteiger partial charge in [0, 0.05) is 11.4 Å². The van der Waals surface area contributed by atoms with Crippen molar-refractivity contribution in [2.24, 2.45) is 0 Å². The Morgan fingerprint density at radius 2 is 1.95 bits per heavy atom. The fraction of sp³-hybridized carbons (Fsp3) is 0.375. The van der Waals surface area contributed by atoms with Crippen molar-refractivity contribution in [3.8, 4) is 0 Å². The highest BCUT2D eigenvalue weighted by Crippen LogP contribution is 2.16. The van der Waals surface area contributed by atoms with E-state index < -0.39 is 0 Å². The largest absolute Gasteiger partial charge is 0.371 e. The molecule has 102 valence electrons. The number of likely N-dealkylation sites (N-methyl/N-ethyl adjacent to an activating group) is 1. The van der Waals surface area contributed by atoms with Gasteiger partial charge >= 0.3 is 0 Å². The van der Waals surface area contributed by atoms with Crippen LogP contribution in [-0.4, -0.2) is 13.6 Å². The van der Waals surface area contributed by atoms with Crippen LogP contribution in [0.2, 0.25) is 0 Å². The maximum absolute atomic E-state index is 5.71. The van der Waals surface area contributed by atoms with Gasteiger partial charge in [-0.1, -0.05) is 37.3 Å². The molecule has 2 aromatic rings. The fourth-order valence-electron chi connectivity index (χ4n) is 2.03. The molecule has 1 aromatic carbocycles. The molecule has 0 spiro atoms. The Morgan fingerprint density at radius 3 is 2.58 bits per heavy atom. The molecule has 3 heteroatoms. The van der Waals surface area contributed by atoms with E-state index in [1.54, 1.807) is 11.3 Å². The first-order valence-electron chi connectivity index (χ1n) is 6.63. The van der Waals surface area contributed by atoms with Crippen LogP contribution in [0.4, 0.5) is 0 Å². The van der Waals surface area contributed by atoms with Crippen molar-refractivity contribution in [2.75, 3.05) is 13.6 Å². The van der Waals surface area contributed by atoms with Gasteiger partial charge < -0.3 is 10.1 Å². The second kappa shape index (κ2) is 7.43. The van der Waals surface area contributed by atoms with Crippen LogP contribution in [0.3, 0.4) is 0 Å². The minimum atomic E-state index is 0.547. The summed E-state index contributed by atoms with van der Waals surface area (Å²) < 4.78 is 5.71. The fourth-order valence-corrected chi connectivity index (χ4v) is 2.67. The lowest BCUT2D eigenvalue weighted by atomic mass is 10.00. The van der Waals surface area contributed by atoms with Crippen LogP contribution in [0.25, 0.3) is 0 Å². The van der Waals surface area contributed by atoms with Crippen molar-refractivity contribution in [2.45, 2.75) is 26.1 Å². The lowest BCUT2D eigenvalue weighted by molar-refractivity contribution is 0.109. The van der Waals surface area contributed by atoms with E-state index in [1.807, 2.05) is 7.05 Å². The zero-order valence-electron chi connectivity index (χ0n) is 11.6. The minimum absolute atomic E-state index is 0.547. The Hall–Kier alpha value is -1.16. The van der Waals surface area contributed by atoms with Crippen molar-refractivity contribution in [3.63, 3.8) is 0 Å². The molecule has 0 saturated carbocycles. The summed E-state index contributed by atoms with van der Waals surface area (Å²) in [6.45, 7) is 4.63. The van der Waals surface area contributed by atoms with Crippen LogP contribution in [-0.2, 0) is 18.0 Å². The first-order valence-corrected chi connectivity index (χ1v) is 7.51. The van der Waals surface area contributed by atoms with E-state index in [0.29, 0.717) is 19.1 Å². The number of hydrogen-bond donors (Lipinski definition) is 1. The molecule has 1 atom stereocenters. The van der Waals surface area contributed by atoms with Gasteiger partial charge in [-0.25, -0.2) is 0 Å². The summed E-state index contributed by atoms with van der Waals surface area (Å²) in [6.07, 6.45) is 0. The second-order valence-corrected chi connectivity index (χ2v) is 5.80. The van der Waals surface area contributed by atoms with E-state index in [4.69, 9.17) is 4.74 Å². The van der Waals surface area contributed by atoms with Gasteiger partial charge in [0.15, 0.2) is 0 Å². The molecular weight excluding hydrogens is 254 g/mol. The third kappa shape index (κ3) is 4.46. The predicted molar refractivity (Wildman–Crippen MR) is 81.6 cm³/mol. The van der Waals surface area contributed by atoms with Crippen LogP contribution in [0, 0.1) is 0 Å². The highest BCUT2D eigenvalue weighted by atomic mass is 32.1. The van der Waals surface area contributed by atoms with Crippen LogP contribution < -0.4 is 5.32 Å². The molecule has 0 bridgehead atoms. The Labute approximate surface area is 119 Å². The van der Waals surface area contributed by atoms with Crippen LogP contribution >= 0.6 is 11.3 Å². The SMILES string of the molecule is CNCC(C)c1ccc(COCc2cccs2)cc1. The van der Waals surface area contributed by atoms with E-state index in [9.17, 15) is 0 Å². The first-order chi connectivity index (χ1) is 9.29. The van der Waals surface area contributed by atoms with Crippen LogP contribution in [0.5, 0.6) is 0 Å². The van der Waals surface area contributed by atoms with Crippen LogP contribution in [0.15, 0.2) is 41.8 Å². The zero-order chi connectivity index (χ0) is 13.5. The molecule has 2 nitrogen and oxygen atoms in total. The predicted octanol–water partition coefficient (Wildman–Crippen LogP) is 3.79. The minimum Gasteiger partial charge on any atom is -0.371 e. The molecule has 0 radical (unpaired) electrons. The monoisotopic (exact) mass is 275 g/mol. The van der Waals surface area contributed by atoms with Gasteiger partial charge in [-0.15, -0.1) is 11.3 Å². The average molecular weight is 275 g/mol. The van der Waals surface area contributed by atoms with Gasteiger partial charge in [-0.2, -0.15) is 0 Å². The van der Waals surface area contributed by atoms with Gasteiger partial charge in [0.05, 0.1) is 13.2 Å². The number of nitrogens with one attached hydrogen (secondary N) is 1. The molecule has 0 fully saturated rings. The number of hydrogen-bond acceptors (Lipinski definition) is 3. The molecule has 1 heterocycles. The average Bonchev–Trinajstić information content (AvgIpc) is 2.93. The number of rotatable bonds is 7. The normalized spacial score (nSPS) is 12.5. The third-order valence-corrected chi connectivity index (χ3v) is 4.00. The first kappa shape index (κ1) is 14.3. The van der Waals surface area contributed by atoms with Crippen molar-refractivity contribution in [3.05, 3.63) is 57.8 Å². The summed E-state index contributed by atoms with van der Waals surface area (Å²) in [5.41, 5.74) is 2.60. The number of benzene rings is 1. The van der Waals surface area contributed by atoms with E-state index in [1.165, 1.54) is 16.0 Å². The lowest BCUT2D eigenvalue weighted by Crippen LogP contribution is -2.14. The maximum Gasteiger partial charge on any atom is 0.0813 e. The standard InChI is InChI=1S/C16H21NOS/c1-13(10-17-2)15-7-5-14(6-8-15)11-18-12-16-4-3-9-19-16/h3-9,13,17H,10-12H2,1-2H3. The topological polar surface area (TPSA) is 21.3 Å². The Morgan fingerprint density at radius 1 is 1.16 bits per heavy atom. The number of ether oxygens (including phenoxy) is 1. The molecule has 1 N–H and O–H groups in total. The van der Waals surface area contributed by atoms with Crippen molar-refractivity contribution in [1.82, 2.24) is 5.32 Å². The molecule has 0 saturated heterocycles. The lowest BCUT2D eigenvalue weighted by Gasteiger charge is -2.11. The molecule has 0 aliphatic heterocycles. The quantitative estimate of drug-likeness (QED) is 0.830. The molecule has 2 rings (SSSR count). The zero-order valence-corrected chi connectivity index (χ0v) is 12.4. The van der Waals surface area contributed by atoms with Crippen molar-refractivity contribution in [1.29, 1.82) is 0 Å². The summed E-state index contributed by atoms with van der Waals surface area (Å²) in [6, 6.07) is 12.9. The second-order valence-electron chi connectivity index (χ2n) is 4.77. The van der Waals surface area contributed by atoms with Gasteiger partial charge in [0.2, 0.25) is 0 Å². The van der Waals surface area contributed by atoms with E-state index in [0.717, 1.165) is 6.54 Å². The van der Waals surface area contributed by atoms with E-state index in [2.05, 4.69) is 54.0 Å².